The van der Waals surface area contributed by atoms with Gasteiger partial charge in [0.05, 0.1) is 4.90 Å². The van der Waals surface area contributed by atoms with E-state index in [9.17, 15) is 13.2 Å². The number of fused-ring (bicyclic) bond motifs is 1. The molecular formula is C15H22N4O3S. The molecule has 1 amide bonds. The van der Waals surface area contributed by atoms with Crippen LogP contribution >= 0.6 is 0 Å². The summed E-state index contributed by atoms with van der Waals surface area (Å²) < 4.78 is 26.3. The van der Waals surface area contributed by atoms with E-state index in [1.807, 2.05) is 0 Å². The summed E-state index contributed by atoms with van der Waals surface area (Å²) in [5, 5.41) is 2.82. The van der Waals surface area contributed by atoms with Crippen LogP contribution in [0.5, 0.6) is 0 Å². The molecule has 126 valence electrons. The SMILES string of the molecule is CC(C)CC(CN)NC(=O)CN=C1NS(=O)(=O)c2ccccc21. The molecule has 1 heterocycles. The number of rotatable bonds is 6. The van der Waals surface area contributed by atoms with Gasteiger partial charge in [-0.25, -0.2) is 8.42 Å². The first kappa shape index (κ1) is 17.4. The third kappa shape index (κ3) is 4.29. The van der Waals surface area contributed by atoms with Crippen LogP contribution < -0.4 is 15.8 Å². The normalized spacial score (nSPS) is 18.5. The van der Waals surface area contributed by atoms with Crippen LogP contribution in [-0.2, 0) is 14.8 Å². The van der Waals surface area contributed by atoms with Gasteiger partial charge in [0, 0.05) is 18.2 Å². The minimum absolute atomic E-state index is 0.102. The maximum Gasteiger partial charge on any atom is 0.263 e. The number of benzene rings is 1. The van der Waals surface area contributed by atoms with E-state index in [0.29, 0.717) is 18.0 Å². The third-order valence-corrected chi connectivity index (χ3v) is 4.85. The lowest BCUT2D eigenvalue weighted by molar-refractivity contribution is -0.120. The zero-order valence-corrected chi connectivity index (χ0v) is 14.1. The molecule has 1 unspecified atom stereocenters. The Kier molecular flexibility index (Phi) is 5.38. The van der Waals surface area contributed by atoms with Crippen LogP contribution in [0.4, 0.5) is 0 Å². The first-order valence-electron chi connectivity index (χ1n) is 7.49. The summed E-state index contributed by atoms with van der Waals surface area (Å²) in [7, 11) is -3.58. The number of amides is 1. The number of nitrogens with two attached hydrogens (primary N) is 1. The second-order valence-corrected chi connectivity index (χ2v) is 7.55. The quantitative estimate of drug-likeness (QED) is 0.688. The zero-order chi connectivity index (χ0) is 17.0. The fraction of sp³-hybridized carbons (Fsp3) is 0.467. The van der Waals surface area contributed by atoms with Crippen LogP contribution in [0.25, 0.3) is 0 Å². The van der Waals surface area contributed by atoms with Gasteiger partial charge in [0.2, 0.25) is 5.91 Å². The Morgan fingerprint density at radius 2 is 2.04 bits per heavy atom. The van der Waals surface area contributed by atoms with Crippen molar-refractivity contribution < 1.29 is 13.2 Å². The molecule has 4 N–H and O–H groups in total. The number of carbonyl (C=O) groups is 1. The molecule has 1 aliphatic rings. The maximum absolute atomic E-state index is 12.0. The Labute approximate surface area is 136 Å². The largest absolute Gasteiger partial charge is 0.350 e. The topological polar surface area (TPSA) is 114 Å². The smallest absolute Gasteiger partial charge is 0.263 e. The number of nitrogens with zero attached hydrogens (tertiary/aromatic N) is 1. The van der Waals surface area contributed by atoms with Crippen LogP contribution in [0.1, 0.15) is 25.8 Å². The lowest BCUT2D eigenvalue weighted by atomic mass is 10.0. The molecular weight excluding hydrogens is 316 g/mol. The van der Waals surface area contributed by atoms with Crippen LogP contribution in [0, 0.1) is 5.92 Å². The fourth-order valence-electron chi connectivity index (χ4n) is 2.46. The van der Waals surface area contributed by atoms with Crippen molar-refractivity contribution in [2.45, 2.75) is 31.2 Å². The van der Waals surface area contributed by atoms with Crippen molar-refractivity contribution in [3.05, 3.63) is 29.8 Å². The molecule has 8 heteroatoms. The van der Waals surface area contributed by atoms with E-state index in [4.69, 9.17) is 5.73 Å². The summed E-state index contributed by atoms with van der Waals surface area (Å²) in [6, 6.07) is 6.43. The molecule has 0 radical (unpaired) electrons. The summed E-state index contributed by atoms with van der Waals surface area (Å²) in [6.45, 7) is 4.31. The van der Waals surface area contributed by atoms with Crippen LogP contribution in [0.3, 0.4) is 0 Å². The number of nitrogens with one attached hydrogen (secondary N) is 2. The predicted molar refractivity (Wildman–Crippen MR) is 88.6 cm³/mol. The average molecular weight is 338 g/mol. The van der Waals surface area contributed by atoms with E-state index >= 15 is 0 Å². The standard InChI is InChI=1S/C15H22N4O3S/c1-10(2)7-11(8-16)18-14(20)9-17-15-12-5-3-4-6-13(12)23(21,22)19-15/h3-6,10-11H,7-9,16H2,1-2H3,(H,17,19)(H,18,20). The summed E-state index contributed by atoms with van der Waals surface area (Å²) in [6.07, 6.45) is 0.786. The highest BCUT2D eigenvalue weighted by Crippen LogP contribution is 2.21. The molecule has 7 nitrogen and oxygen atoms in total. The summed E-state index contributed by atoms with van der Waals surface area (Å²) in [4.78, 5) is 16.3. The van der Waals surface area contributed by atoms with Crippen molar-refractivity contribution in [3.8, 4) is 0 Å². The van der Waals surface area contributed by atoms with Gasteiger partial charge in [0.1, 0.15) is 12.4 Å². The highest BCUT2D eigenvalue weighted by Gasteiger charge is 2.30. The summed E-state index contributed by atoms with van der Waals surface area (Å²) >= 11 is 0. The molecule has 1 aromatic rings. The van der Waals surface area contributed by atoms with Crippen LogP contribution in [0.15, 0.2) is 34.2 Å². The van der Waals surface area contributed by atoms with Gasteiger partial charge in [-0.05, 0) is 24.5 Å². The van der Waals surface area contributed by atoms with Crippen LogP contribution in [0.2, 0.25) is 0 Å². The van der Waals surface area contributed by atoms with E-state index in [-0.39, 0.29) is 29.2 Å². The van der Waals surface area contributed by atoms with Crippen molar-refractivity contribution >= 4 is 21.8 Å². The van der Waals surface area contributed by atoms with Crippen molar-refractivity contribution in [1.82, 2.24) is 10.0 Å². The molecule has 0 aromatic heterocycles. The van der Waals surface area contributed by atoms with Gasteiger partial charge in [0.15, 0.2) is 0 Å². The van der Waals surface area contributed by atoms with Gasteiger partial charge in [0.25, 0.3) is 10.0 Å². The fourth-order valence-corrected chi connectivity index (χ4v) is 3.71. The molecule has 1 atom stereocenters. The van der Waals surface area contributed by atoms with Crippen molar-refractivity contribution in [2.24, 2.45) is 16.6 Å². The molecule has 0 aliphatic carbocycles. The van der Waals surface area contributed by atoms with E-state index < -0.39 is 10.0 Å². The number of amidine groups is 1. The molecule has 1 aliphatic heterocycles. The third-order valence-electron chi connectivity index (χ3n) is 3.45. The van der Waals surface area contributed by atoms with Gasteiger partial charge < -0.3 is 11.1 Å². The summed E-state index contributed by atoms with van der Waals surface area (Å²) in [5.41, 5.74) is 6.13. The molecule has 23 heavy (non-hydrogen) atoms. The molecule has 0 fully saturated rings. The Bertz CT molecular complexity index is 713. The lowest BCUT2D eigenvalue weighted by Gasteiger charge is -2.18. The molecule has 0 spiro atoms. The molecule has 1 aromatic carbocycles. The number of hydrogen-bond donors (Lipinski definition) is 3. The molecule has 0 saturated heterocycles. The Morgan fingerprint density at radius 1 is 1.35 bits per heavy atom. The highest BCUT2D eigenvalue weighted by molar-refractivity contribution is 7.90. The first-order chi connectivity index (χ1) is 10.8. The van der Waals surface area contributed by atoms with Crippen molar-refractivity contribution in [2.75, 3.05) is 13.1 Å². The minimum Gasteiger partial charge on any atom is -0.350 e. The Balaban J connectivity index is 2.05. The van der Waals surface area contributed by atoms with Crippen molar-refractivity contribution in [1.29, 1.82) is 0 Å². The maximum atomic E-state index is 12.0. The summed E-state index contributed by atoms with van der Waals surface area (Å²) in [5.74, 6) is 0.338. The number of sulfonamides is 1. The predicted octanol–water partition coefficient (Wildman–Crippen LogP) is 0.215. The van der Waals surface area contributed by atoms with E-state index in [0.717, 1.165) is 6.42 Å². The Hall–Kier alpha value is -1.93. The van der Waals surface area contributed by atoms with Gasteiger partial charge in [-0.2, -0.15) is 0 Å². The molecule has 2 rings (SSSR count). The van der Waals surface area contributed by atoms with Crippen LogP contribution in [-0.4, -0.2) is 39.3 Å². The molecule has 0 bridgehead atoms. The minimum atomic E-state index is -3.58. The second-order valence-electron chi connectivity index (χ2n) is 5.90. The monoisotopic (exact) mass is 338 g/mol. The van der Waals surface area contributed by atoms with E-state index in [1.165, 1.54) is 6.07 Å². The van der Waals surface area contributed by atoms with E-state index in [2.05, 4.69) is 28.9 Å². The molecule has 0 saturated carbocycles. The van der Waals surface area contributed by atoms with Crippen molar-refractivity contribution in [3.63, 3.8) is 0 Å². The number of hydrogen-bond acceptors (Lipinski definition) is 5. The van der Waals surface area contributed by atoms with Gasteiger partial charge in [-0.1, -0.05) is 26.0 Å². The highest BCUT2D eigenvalue weighted by atomic mass is 32.2. The zero-order valence-electron chi connectivity index (χ0n) is 13.2. The van der Waals surface area contributed by atoms with Gasteiger partial charge in [-0.15, -0.1) is 0 Å². The average Bonchev–Trinajstić information content (AvgIpc) is 2.76. The number of aliphatic imine (C=N–C) groups is 1. The first-order valence-corrected chi connectivity index (χ1v) is 8.98. The van der Waals surface area contributed by atoms with Gasteiger partial charge >= 0.3 is 0 Å². The Morgan fingerprint density at radius 3 is 2.70 bits per heavy atom. The second kappa shape index (κ2) is 7.10. The lowest BCUT2D eigenvalue weighted by Crippen LogP contribution is -2.42. The van der Waals surface area contributed by atoms with Gasteiger partial charge in [-0.3, -0.25) is 14.5 Å². The number of carbonyl (C=O) groups excluding carboxylic acids is 1. The van der Waals surface area contributed by atoms with E-state index in [1.54, 1.807) is 18.2 Å².